The molecule has 0 aromatic carbocycles. The number of anilines is 2. The molecular weight excluding hydrogens is 290 g/mol. The van der Waals surface area contributed by atoms with Gasteiger partial charge in [0.1, 0.15) is 15.6 Å². The molecule has 2 unspecified atom stereocenters. The van der Waals surface area contributed by atoms with Crippen molar-refractivity contribution in [1.29, 1.82) is 0 Å². The predicted octanol–water partition coefficient (Wildman–Crippen LogP) is 1.70. The van der Waals surface area contributed by atoms with Crippen molar-refractivity contribution in [1.82, 2.24) is 5.32 Å². The Bertz CT molecular complexity index is 508. The first-order valence-corrected chi connectivity index (χ1v) is 7.94. The van der Waals surface area contributed by atoms with Crippen molar-refractivity contribution in [2.75, 3.05) is 37.4 Å². The normalized spacial score (nSPS) is 22.2. The number of nitrogens with zero attached hydrogens (tertiary/aromatic N) is 1. The molecule has 21 heavy (non-hydrogen) atoms. The molecule has 1 amide bonds. The maximum Gasteiger partial charge on any atom is 0.263 e. The second-order valence-corrected chi connectivity index (χ2v) is 6.20. The van der Waals surface area contributed by atoms with Gasteiger partial charge in [0.2, 0.25) is 0 Å². The Balaban J connectivity index is 2.34. The number of ether oxygens (including phenoxy) is 2. The third-order valence-electron chi connectivity index (χ3n) is 3.34. The van der Waals surface area contributed by atoms with Crippen molar-refractivity contribution >= 4 is 27.9 Å². The number of nitrogen functional groups attached to an aromatic ring is 1. The number of nitrogens with one attached hydrogen (secondary N) is 1. The SMILES string of the molecule is CCNC(=O)c1sc(N2CC(C)OC(C)C2)c(OC)c1N. The fourth-order valence-corrected chi connectivity index (χ4v) is 3.70. The maximum absolute atomic E-state index is 12.1. The van der Waals surface area contributed by atoms with Gasteiger partial charge in [-0.15, -0.1) is 11.3 Å². The van der Waals surface area contributed by atoms with E-state index < -0.39 is 0 Å². The monoisotopic (exact) mass is 313 g/mol. The van der Waals surface area contributed by atoms with Crippen LogP contribution in [0.4, 0.5) is 10.7 Å². The van der Waals surface area contributed by atoms with E-state index in [0.29, 0.717) is 22.9 Å². The van der Waals surface area contributed by atoms with Crippen molar-refractivity contribution in [3.63, 3.8) is 0 Å². The molecule has 6 nitrogen and oxygen atoms in total. The van der Waals surface area contributed by atoms with Crippen LogP contribution in [-0.2, 0) is 4.74 Å². The lowest BCUT2D eigenvalue weighted by atomic mass is 10.2. The molecule has 2 heterocycles. The number of morpholine rings is 1. The van der Waals surface area contributed by atoms with Gasteiger partial charge in [-0.25, -0.2) is 0 Å². The maximum atomic E-state index is 12.1. The van der Waals surface area contributed by atoms with Crippen molar-refractivity contribution in [2.24, 2.45) is 0 Å². The van der Waals surface area contributed by atoms with E-state index in [9.17, 15) is 4.79 Å². The molecule has 1 fully saturated rings. The van der Waals surface area contributed by atoms with E-state index in [1.165, 1.54) is 11.3 Å². The predicted molar refractivity (Wildman–Crippen MR) is 85.5 cm³/mol. The molecule has 2 atom stereocenters. The first-order chi connectivity index (χ1) is 9.97. The molecule has 1 aliphatic rings. The molecule has 0 radical (unpaired) electrons. The van der Waals surface area contributed by atoms with Crippen LogP contribution in [0.2, 0.25) is 0 Å². The van der Waals surface area contributed by atoms with Crippen LogP contribution in [0, 0.1) is 0 Å². The summed E-state index contributed by atoms with van der Waals surface area (Å²) in [6, 6.07) is 0. The quantitative estimate of drug-likeness (QED) is 0.885. The molecule has 0 bridgehead atoms. The van der Waals surface area contributed by atoms with Gasteiger partial charge in [0, 0.05) is 19.6 Å². The first-order valence-electron chi connectivity index (χ1n) is 7.12. The van der Waals surface area contributed by atoms with E-state index in [1.54, 1.807) is 7.11 Å². The summed E-state index contributed by atoms with van der Waals surface area (Å²) in [5.74, 6) is 0.432. The molecule has 0 aliphatic carbocycles. The number of rotatable bonds is 4. The molecule has 1 aliphatic heterocycles. The summed E-state index contributed by atoms with van der Waals surface area (Å²) in [6.45, 7) is 8.04. The van der Waals surface area contributed by atoms with E-state index in [4.69, 9.17) is 15.2 Å². The Hall–Kier alpha value is -1.47. The van der Waals surface area contributed by atoms with E-state index in [1.807, 2.05) is 20.8 Å². The molecule has 1 saturated heterocycles. The molecule has 1 aromatic rings. The van der Waals surface area contributed by atoms with Gasteiger partial charge in [0.05, 0.1) is 19.3 Å². The fraction of sp³-hybridized carbons (Fsp3) is 0.643. The highest BCUT2D eigenvalue weighted by atomic mass is 32.1. The second kappa shape index (κ2) is 6.53. The third kappa shape index (κ3) is 3.24. The van der Waals surface area contributed by atoms with Crippen LogP contribution in [-0.4, -0.2) is 44.9 Å². The van der Waals surface area contributed by atoms with Gasteiger partial charge in [-0.2, -0.15) is 0 Å². The Labute approximate surface area is 129 Å². The molecule has 3 N–H and O–H groups in total. The second-order valence-electron chi connectivity index (χ2n) is 5.21. The fourth-order valence-electron chi connectivity index (χ4n) is 2.57. The summed E-state index contributed by atoms with van der Waals surface area (Å²) in [5, 5.41) is 3.68. The molecule has 7 heteroatoms. The van der Waals surface area contributed by atoms with Crippen LogP contribution in [0.3, 0.4) is 0 Å². The number of thiophene rings is 1. The number of hydrogen-bond donors (Lipinski definition) is 2. The van der Waals surface area contributed by atoms with Gasteiger partial charge in [-0.05, 0) is 20.8 Å². The van der Waals surface area contributed by atoms with Gasteiger partial charge in [0.15, 0.2) is 5.75 Å². The molecule has 0 saturated carbocycles. The summed E-state index contributed by atoms with van der Waals surface area (Å²) in [7, 11) is 1.58. The van der Waals surface area contributed by atoms with E-state index in [2.05, 4.69) is 10.2 Å². The summed E-state index contributed by atoms with van der Waals surface area (Å²) >= 11 is 1.38. The van der Waals surface area contributed by atoms with Gasteiger partial charge in [-0.3, -0.25) is 4.79 Å². The summed E-state index contributed by atoms with van der Waals surface area (Å²) in [6.07, 6.45) is 0.268. The zero-order chi connectivity index (χ0) is 15.6. The zero-order valence-electron chi connectivity index (χ0n) is 12.9. The summed E-state index contributed by atoms with van der Waals surface area (Å²) in [4.78, 5) is 14.8. The van der Waals surface area contributed by atoms with Crippen molar-refractivity contribution in [3.05, 3.63) is 4.88 Å². The van der Waals surface area contributed by atoms with Gasteiger partial charge in [-0.1, -0.05) is 0 Å². The van der Waals surface area contributed by atoms with Crippen LogP contribution in [0.1, 0.15) is 30.4 Å². The average Bonchev–Trinajstić information content (AvgIpc) is 2.75. The summed E-state index contributed by atoms with van der Waals surface area (Å²) in [5.41, 5.74) is 6.50. The van der Waals surface area contributed by atoms with Crippen LogP contribution in [0.15, 0.2) is 0 Å². The van der Waals surface area contributed by atoms with E-state index in [0.717, 1.165) is 18.1 Å². The number of carbonyl (C=O) groups is 1. The summed E-state index contributed by atoms with van der Waals surface area (Å²) < 4.78 is 11.2. The molecular formula is C14H23N3O3S. The number of hydrogen-bond acceptors (Lipinski definition) is 6. The van der Waals surface area contributed by atoms with Crippen LogP contribution in [0.5, 0.6) is 5.75 Å². The minimum absolute atomic E-state index is 0.134. The lowest BCUT2D eigenvalue weighted by molar-refractivity contribution is -0.00510. The van der Waals surface area contributed by atoms with Crippen molar-refractivity contribution in [2.45, 2.75) is 33.0 Å². The first kappa shape index (κ1) is 15.9. The van der Waals surface area contributed by atoms with Crippen LogP contribution >= 0.6 is 11.3 Å². The molecule has 2 rings (SSSR count). The molecule has 0 spiro atoms. The Kier molecular flexibility index (Phi) is 4.95. The highest BCUT2D eigenvalue weighted by Gasteiger charge is 2.29. The van der Waals surface area contributed by atoms with Crippen LogP contribution < -0.4 is 20.7 Å². The standard InChI is InChI=1S/C14H23N3O3S/c1-5-16-13(18)12-10(15)11(19-4)14(21-12)17-6-8(2)20-9(3)7-17/h8-9H,5-7,15H2,1-4H3,(H,16,18). The lowest BCUT2D eigenvalue weighted by Gasteiger charge is -2.36. The Morgan fingerprint density at radius 2 is 2.10 bits per heavy atom. The lowest BCUT2D eigenvalue weighted by Crippen LogP contribution is -2.45. The minimum atomic E-state index is -0.154. The van der Waals surface area contributed by atoms with E-state index in [-0.39, 0.29) is 18.1 Å². The van der Waals surface area contributed by atoms with Crippen molar-refractivity contribution in [3.8, 4) is 5.75 Å². The topological polar surface area (TPSA) is 76.8 Å². The number of methoxy groups -OCH3 is 1. The highest BCUT2D eigenvalue weighted by molar-refractivity contribution is 7.19. The minimum Gasteiger partial charge on any atom is -0.492 e. The van der Waals surface area contributed by atoms with E-state index >= 15 is 0 Å². The van der Waals surface area contributed by atoms with Gasteiger partial charge >= 0.3 is 0 Å². The largest absolute Gasteiger partial charge is 0.492 e. The van der Waals surface area contributed by atoms with Crippen molar-refractivity contribution < 1.29 is 14.3 Å². The molecule has 118 valence electrons. The number of amides is 1. The van der Waals surface area contributed by atoms with Crippen LogP contribution in [0.25, 0.3) is 0 Å². The van der Waals surface area contributed by atoms with Gasteiger partial charge in [0.25, 0.3) is 5.91 Å². The average molecular weight is 313 g/mol. The number of carbonyl (C=O) groups excluding carboxylic acids is 1. The Morgan fingerprint density at radius 3 is 2.62 bits per heavy atom. The smallest absolute Gasteiger partial charge is 0.263 e. The molecule has 1 aromatic heterocycles. The number of nitrogens with two attached hydrogens (primary N) is 1. The third-order valence-corrected chi connectivity index (χ3v) is 4.58. The highest BCUT2D eigenvalue weighted by Crippen LogP contribution is 2.45. The zero-order valence-corrected chi connectivity index (χ0v) is 13.8. The Morgan fingerprint density at radius 1 is 1.48 bits per heavy atom. The van der Waals surface area contributed by atoms with Gasteiger partial charge < -0.3 is 25.4 Å².